The molecule has 2 rings (SSSR count). The Morgan fingerprint density at radius 3 is 2.88 bits per heavy atom. The van der Waals surface area contributed by atoms with Gasteiger partial charge in [0.25, 0.3) is 6.29 Å². The third-order valence-corrected chi connectivity index (χ3v) is 2.56. The molecule has 1 amide bonds. The molecule has 0 aromatic heterocycles. The minimum atomic E-state index is -0.555. The van der Waals surface area contributed by atoms with E-state index in [1.807, 2.05) is 6.07 Å². The molecular formula is C13H15NO3. The van der Waals surface area contributed by atoms with Gasteiger partial charge in [-0.1, -0.05) is 25.1 Å². The Balaban J connectivity index is 2.17. The average molecular weight is 233 g/mol. The number of benzene rings is 1. The molecule has 0 radical (unpaired) electrons. The number of ether oxygens (including phenoxy) is 2. The van der Waals surface area contributed by atoms with Gasteiger partial charge in [-0.25, -0.2) is 0 Å². The lowest BCUT2D eigenvalue weighted by Gasteiger charge is -2.14. The van der Waals surface area contributed by atoms with E-state index in [-0.39, 0.29) is 0 Å². The molecule has 4 nitrogen and oxygen atoms in total. The highest BCUT2D eigenvalue weighted by atomic mass is 16.7. The van der Waals surface area contributed by atoms with Crippen LogP contribution in [0.4, 0.5) is 0 Å². The molecule has 0 saturated heterocycles. The van der Waals surface area contributed by atoms with Gasteiger partial charge in [-0.05, 0) is 12.5 Å². The fourth-order valence-corrected chi connectivity index (χ4v) is 1.76. The maximum atomic E-state index is 11.3. The molecule has 1 aromatic rings. The van der Waals surface area contributed by atoms with Crippen LogP contribution >= 0.6 is 0 Å². The highest BCUT2D eigenvalue weighted by Crippen LogP contribution is 2.31. The van der Waals surface area contributed by atoms with Gasteiger partial charge in [0.05, 0.1) is 0 Å². The largest absolute Gasteiger partial charge is 0.455 e. The van der Waals surface area contributed by atoms with Crippen molar-refractivity contribution < 1.29 is 14.3 Å². The van der Waals surface area contributed by atoms with Crippen LogP contribution in [-0.2, 0) is 9.47 Å². The number of primary amides is 1. The maximum absolute atomic E-state index is 11.3. The van der Waals surface area contributed by atoms with Crippen LogP contribution in [0.1, 0.15) is 42.0 Å². The van der Waals surface area contributed by atoms with E-state index < -0.39 is 12.2 Å². The Morgan fingerprint density at radius 2 is 2.18 bits per heavy atom. The molecule has 0 aliphatic carbocycles. The van der Waals surface area contributed by atoms with Crippen LogP contribution in [-0.4, -0.2) is 5.91 Å². The second-order valence-electron chi connectivity index (χ2n) is 3.87. The molecule has 1 aliphatic rings. The predicted molar refractivity (Wildman–Crippen MR) is 62.9 cm³/mol. The van der Waals surface area contributed by atoms with Gasteiger partial charge in [-0.15, -0.1) is 0 Å². The van der Waals surface area contributed by atoms with Crippen molar-refractivity contribution in [2.45, 2.75) is 26.1 Å². The summed E-state index contributed by atoms with van der Waals surface area (Å²) in [6.45, 7) is 2.06. The fraction of sp³-hybridized carbons (Fsp3) is 0.308. The van der Waals surface area contributed by atoms with Gasteiger partial charge < -0.3 is 15.2 Å². The van der Waals surface area contributed by atoms with E-state index in [9.17, 15) is 4.79 Å². The van der Waals surface area contributed by atoms with E-state index in [4.69, 9.17) is 15.2 Å². The number of rotatable bonds is 4. The van der Waals surface area contributed by atoms with Crippen molar-refractivity contribution in [2.24, 2.45) is 5.73 Å². The average Bonchev–Trinajstić information content (AvgIpc) is 2.78. The molecule has 0 spiro atoms. The predicted octanol–water partition coefficient (Wildman–Crippen LogP) is 2.47. The van der Waals surface area contributed by atoms with Gasteiger partial charge in [0.1, 0.15) is 12.0 Å². The smallest absolute Gasteiger partial charge is 0.267 e. The molecule has 1 heterocycles. The highest BCUT2D eigenvalue weighted by Gasteiger charge is 2.24. The molecule has 1 atom stereocenters. The first-order valence-electron chi connectivity index (χ1n) is 5.62. The first-order valence-corrected chi connectivity index (χ1v) is 5.62. The monoisotopic (exact) mass is 233 g/mol. The number of carbonyl (C=O) groups is 1. The van der Waals surface area contributed by atoms with Gasteiger partial charge in [0.15, 0.2) is 0 Å². The van der Waals surface area contributed by atoms with Crippen molar-refractivity contribution in [1.82, 2.24) is 0 Å². The summed E-state index contributed by atoms with van der Waals surface area (Å²) >= 11 is 0. The van der Waals surface area contributed by atoms with Gasteiger partial charge in [-0.3, -0.25) is 4.79 Å². The van der Waals surface area contributed by atoms with E-state index >= 15 is 0 Å². The molecule has 17 heavy (non-hydrogen) atoms. The molecule has 4 heteroatoms. The molecule has 1 aliphatic heterocycles. The topological polar surface area (TPSA) is 61.5 Å². The summed E-state index contributed by atoms with van der Waals surface area (Å²) in [6.07, 6.45) is 2.86. The normalized spacial score (nSPS) is 18.2. The summed E-state index contributed by atoms with van der Waals surface area (Å²) in [5.41, 5.74) is 6.41. The SMILES string of the molecule is CCCC1=COC(c2ccccc2C(N)=O)O1. The molecule has 0 bridgehead atoms. The lowest BCUT2D eigenvalue weighted by Crippen LogP contribution is -2.15. The molecular weight excluding hydrogens is 218 g/mol. The lowest BCUT2D eigenvalue weighted by atomic mass is 10.1. The number of hydrogen-bond donors (Lipinski definition) is 1. The zero-order valence-electron chi connectivity index (χ0n) is 9.68. The van der Waals surface area contributed by atoms with E-state index in [2.05, 4.69) is 6.92 Å². The second-order valence-corrected chi connectivity index (χ2v) is 3.87. The minimum absolute atomic E-state index is 0.434. The van der Waals surface area contributed by atoms with Crippen LogP contribution < -0.4 is 5.73 Å². The zero-order valence-corrected chi connectivity index (χ0v) is 9.68. The van der Waals surface area contributed by atoms with Crippen molar-refractivity contribution in [1.29, 1.82) is 0 Å². The Kier molecular flexibility index (Phi) is 3.32. The van der Waals surface area contributed by atoms with Crippen molar-refractivity contribution >= 4 is 5.91 Å². The van der Waals surface area contributed by atoms with Crippen molar-refractivity contribution in [3.05, 3.63) is 47.4 Å². The quantitative estimate of drug-likeness (QED) is 0.869. The van der Waals surface area contributed by atoms with E-state index in [0.717, 1.165) is 18.6 Å². The van der Waals surface area contributed by atoms with Crippen LogP contribution in [0, 0.1) is 0 Å². The van der Waals surface area contributed by atoms with Crippen molar-refractivity contribution in [2.75, 3.05) is 0 Å². The first kappa shape index (κ1) is 11.5. The molecule has 0 fully saturated rings. The zero-order chi connectivity index (χ0) is 12.3. The van der Waals surface area contributed by atoms with Crippen molar-refractivity contribution in [3.63, 3.8) is 0 Å². The Hall–Kier alpha value is -1.97. The molecule has 1 unspecified atom stereocenters. The summed E-state index contributed by atoms with van der Waals surface area (Å²) in [6, 6.07) is 7.04. The standard InChI is InChI=1S/C13H15NO3/c1-2-5-9-8-16-13(17-9)11-7-4-3-6-10(11)12(14)15/h3-4,6-8,13H,2,5H2,1H3,(H2,14,15). The van der Waals surface area contributed by atoms with Crippen LogP contribution in [0.5, 0.6) is 0 Å². The van der Waals surface area contributed by atoms with Crippen LogP contribution in [0.15, 0.2) is 36.3 Å². The van der Waals surface area contributed by atoms with E-state index in [1.54, 1.807) is 24.5 Å². The Morgan fingerprint density at radius 1 is 1.41 bits per heavy atom. The van der Waals surface area contributed by atoms with Gasteiger partial charge in [-0.2, -0.15) is 0 Å². The van der Waals surface area contributed by atoms with Crippen LogP contribution in [0.25, 0.3) is 0 Å². The summed E-state index contributed by atoms with van der Waals surface area (Å²) in [4.78, 5) is 11.3. The van der Waals surface area contributed by atoms with Gasteiger partial charge >= 0.3 is 0 Å². The third-order valence-electron chi connectivity index (χ3n) is 2.56. The van der Waals surface area contributed by atoms with Gasteiger partial charge in [0, 0.05) is 17.5 Å². The maximum Gasteiger partial charge on any atom is 0.267 e. The van der Waals surface area contributed by atoms with Crippen LogP contribution in [0.2, 0.25) is 0 Å². The van der Waals surface area contributed by atoms with Crippen LogP contribution in [0.3, 0.4) is 0 Å². The number of nitrogens with two attached hydrogens (primary N) is 1. The number of amides is 1. The van der Waals surface area contributed by atoms with E-state index in [1.165, 1.54) is 0 Å². The summed E-state index contributed by atoms with van der Waals surface area (Å²) in [5.74, 6) is 0.327. The Labute approximate surface area is 100 Å². The molecule has 90 valence electrons. The first-order chi connectivity index (χ1) is 8.22. The third kappa shape index (κ3) is 2.41. The summed E-state index contributed by atoms with van der Waals surface area (Å²) < 4.78 is 11.0. The Bertz CT molecular complexity index is 454. The highest BCUT2D eigenvalue weighted by molar-refractivity contribution is 5.94. The minimum Gasteiger partial charge on any atom is -0.455 e. The summed E-state index contributed by atoms with van der Waals surface area (Å²) in [5, 5.41) is 0. The number of carbonyl (C=O) groups excluding carboxylic acids is 1. The number of allylic oxidation sites excluding steroid dienone is 1. The second kappa shape index (κ2) is 4.91. The van der Waals surface area contributed by atoms with Gasteiger partial charge in [0.2, 0.25) is 5.91 Å². The molecule has 2 N–H and O–H groups in total. The number of hydrogen-bond acceptors (Lipinski definition) is 3. The van der Waals surface area contributed by atoms with E-state index in [0.29, 0.717) is 11.1 Å². The summed E-state index contributed by atoms with van der Waals surface area (Å²) in [7, 11) is 0. The molecule has 1 aromatic carbocycles. The molecule has 0 saturated carbocycles. The fourth-order valence-electron chi connectivity index (χ4n) is 1.76. The van der Waals surface area contributed by atoms with Crippen molar-refractivity contribution in [3.8, 4) is 0 Å². The lowest BCUT2D eigenvalue weighted by molar-refractivity contribution is -0.0359.